The lowest BCUT2D eigenvalue weighted by molar-refractivity contribution is -0.0635. The molecular weight excluding hydrogens is 322 g/mol. The van der Waals surface area contributed by atoms with Crippen molar-refractivity contribution < 1.29 is 9.47 Å². The molecule has 2 aliphatic heterocycles. The van der Waals surface area contributed by atoms with E-state index in [9.17, 15) is 0 Å². The maximum Gasteiger partial charge on any atom is 0.168 e. The number of fused-ring (bicyclic) bond motifs is 1. The number of aromatic nitrogens is 2. The van der Waals surface area contributed by atoms with Gasteiger partial charge in [0.25, 0.3) is 0 Å². The zero-order valence-electron chi connectivity index (χ0n) is 14.0. The summed E-state index contributed by atoms with van der Waals surface area (Å²) in [5.41, 5.74) is 3.67. The fraction of sp³-hybridized carbons (Fsp3) is 0.500. The van der Waals surface area contributed by atoms with Crippen LogP contribution in [0.3, 0.4) is 0 Å². The second-order valence-electron chi connectivity index (χ2n) is 6.24. The molecule has 2 aromatic rings. The Kier molecular flexibility index (Phi) is 4.89. The Morgan fingerprint density at radius 3 is 3.00 bits per heavy atom. The molecule has 1 aromatic heterocycles. The predicted octanol–water partition coefficient (Wildman–Crippen LogP) is 2.50. The second kappa shape index (κ2) is 7.27. The number of hydrogen-bond acceptors (Lipinski definition) is 5. The van der Waals surface area contributed by atoms with Crippen LogP contribution in [0.1, 0.15) is 5.69 Å². The Morgan fingerprint density at radius 1 is 1.29 bits per heavy atom. The monoisotopic (exact) mass is 345 g/mol. The summed E-state index contributed by atoms with van der Waals surface area (Å²) in [5, 5.41) is 1.16. The summed E-state index contributed by atoms with van der Waals surface area (Å²) in [6.45, 7) is 5.27. The summed E-state index contributed by atoms with van der Waals surface area (Å²) in [5.74, 6) is 1.12. The predicted molar refractivity (Wildman–Crippen MR) is 95.3 cm³/mol. The molecule has 0 spiro atoms. The first kappa shape index (κ1) is 16.1. The molecule has 128 valence electrons. The smallest absolute Gasteiger partial charge is 0.168 e. The molecule has 3 heterocycles. The number of morpholine rings is 1. The summed E-state index contributed by atoms with van der Waals surface area (Å²) < 4.78 is 13.4. The topological polar surface area (TPSA) is 39.5 Å². The van der Waals surface area contributed by atoms with E-state index >= 15 is 0 Å². The lowest BCUT2D eigenvalue weighted by Crippen LogP contribution is -2.44. The van der Waals surface area contributed by atoms with Gasteiger partial charge in [-0.05, 0) is 0 Å². The van der Waals surface area contributed by atoms with Crippen LogP contribution in [0.2, 0.25) is 0 Å². The zero-order chi connectivity index (χ0) is 16.4. The van der Waals surface area contributed by atoms with E-state index in [4.69, 9.17) is 14.5 Å². The molecule has 1 unspecified atom stereocenters. The minimum Gasteiger partial charge on any atom is -0.382 e. The van der Waals surface area contributed by atoms with Crippen LogP contribution in [0.5, 0.6) is 0 Å². The maximum atomic E-state index is 5.78. The van der Waals surface area contributed by atoms with Crippen molar-refractivity contribution in [1.82, 2.24) is 14.5 Å². The number of benzene rings is 1. The van der Waals surface area contributed by atoms with Crippen molar-refractivity contribution in [3.8, 4) is 11.3 Å². The third-order valence-electron chi connectivity index (χ3n) is 4.58. The Labute approximate surface area is 147 Å². The van der Waals surface area contributed by atoms with Crippen molar-refractivity contribution in [3.05, 3.63) is 36.0 Å². The van der Waals surface area contributed by atoms with E-state index < -0.39 is 0 Å². The highest BCUT2D eigenvalue weighted by Gasteiger charge is 2.26. The van der Waals surface area contributed by atoms with Crippen molar-refractivity contribution >= 4 is 11.8 Å². The molecule has 4 rings (SSSR count). The van der Waals surface area contributed by atoms with Crippen LogP contribution in [0.4, 0.5) is 0 Å². The summed E-state index contributed by atoms with van der Waals surface area (Å²) in [6, 6.07) is 10.5. The van der Waals surface area contributed by atoms with Crippen LogP contribution in [0.25, 0.3) is 11.3 Å². The van der Waals surface area contributed by atoms with Gasteiger partial charge in [-0.1, -0.05) is 42.1 Å². The van der Waals surface area contributed by atoms with Gasteiger partial charge >= 0.3 is 0 Å². The minimum absolute atomic E-state index is 0.166. The van der Waals surface area contributed by atoms with Crippen molar-refractivity contribution in [3.63, 3.8) is 0 Å². The Hall–Kier alpha value is -1.34. The SMILES string of the molecule is COCC1CN(Cc2c(-c3ccccc3)nc3n2CCS3)CCO1. The number of rotatable bonds is 5. The third-order valence-corrected chi connectivity index (χ3v) is 5.54. The quantitative estimate of drug-likeness (QED) is 0.833. The average molecular weight is 345 g/mol. The highest BCUT2D eigenvalue weighted by molar-refractivity contribution is 7.99. The van der Waals surface area contributed by atoms with Crippen molar-refractivity contribution in [2.75, 3.05) is 39.2 Å². The number of hydrogen-bond donors (Lipinski definition) is 0. The number of methoxy groups -OCH3 is 1. The third kappa shape index (κ3) is 3.24. The fourth-order valence-corrected chi connectivity index (χ4v) is 4.41. The van der Waals surface area contributed by atoms with Gasteiger partial charge in [0.2, 0.25) is 0 Å². The first-order valence-corrected chi connectivity index (χ1v) is 9.44. The van der Waals surface area contributed by atoms with Crippen LogP contribution in [0, 0.1) is 0 Å². The van der Waals surface area contributed by atoms with Gasteiger partial charge in [-0.3, -0.25) is 4.90 Å². The van der Waals surface area contributed by atoms with Gasteiger partial charge in [0, 0.05) is 44.6 Å². The lowest BCUT2D eigenvalue weighted by Gasteiger charge is -2.32. The molecule has 1 fully saturated rings. The van der Waals surface area contributed by atoms with E-state index in [1.54, 1.807) is 7.11 Å². The van der Waals surface area contributed by atoms with Crippen LogP contribution in [0.15, 0.2) is 35.5 Å². The maximum absolute atomic E-state index is 5.78. The van der Waals surface area contributed by atoms with Gasteiger partial charge in [-0.25, -0.2) is 4.98 Å². The summed E-state index contributed by atoms with van der Waals surface area (Å²) in [7, 11) is 1.73. The highest BCUT2D eigenvalue weighted by Crippen LogP contribution is 2.34. The molecule has 0 N–H and O–H groups in total. The Bertz CT molecular complexity index is 687. The minimum atomic E-state index is 0.166. The van der Waals surface area contributed by atoms with Crippen LogP contribution < -0.4 is 0 Å². The number of nitrogens with zero attached hydrogens (tertiary/aromatic N) is 3. The van der Waals surface area contributed by atoms with Gasteiger partial charge in [0.15, 0.2) is 5.16 Å². The van der Waals surface area contributed by atoms with Gasteiger partial charge in [-0.15, -0.1) is 0 Å². The molecule has 0 radical (unpaired) electrons. The normalized spacial score (nSPS) is 21.1. The largest absolute Gasteiger partial charge is 0.382 e. The molecule has 2 aliphatic rings. The molecule has 0 saturated carbocycles. The molecule has 5 nitrogen and oxygen atoms in total. The number of ether oxygens (including phenoxy) is 2. The highest BCUT2D eigenvalue weighted by atomic mass is 32.2. The van der Waals surface area contributed by atoms with Crippen LogP contribution >= 0.6 is 11.8 Å². The molecule has 24 heavy (non-hydrogen) atoms. The molecule has 1 aromatic carbocycles. The van der Waals surface area contributed by atoms with E-state index in [1.165, 1.54) is 11.3 Å². The van der Waals surface area contributed by atoms with Crippen molar-refractivity contribution in [2.24, 2.45) is 0 Å². The molecule has 0 amide bonds. The van der Waals surface area contributed by atoms with Crippen molar-refractivity contribution in [2.45, 2.75) is 24.3 Å². The van der Waals surface area contributed by atoms with Crippen LogP contribution in [-0.4, -0.2) is 59.7 Å². The standard InChI is InChI=1S/C18H23N3O2S/c1-22-13-15-11-20(7-9-23-15)12-16-17(14-5-3-2-4-6-14)19-18-21(16)8-10-24-18/h2-6,15H,7-13H2,1H3. The molecular formula is C18H23N3O2S. The van der Waals surface area contributed by atoms with Gasteiger partial charge in [0.1, 0.15) is 0 Å². The molecule has 1 atom stereocenters. The number of imidazole rings is 1. The second-order valence-corrected chi connectivity index (χ2v) is 7.30. The van der Waals surface area contributed by atoms with Crippen molar-refractivity contribution in [1.29, 1.82) is 0 Å². The first-order valence-electron chi connectivity index (χ1n) is 8.45. The van der Waals surface area contributed by atoms with E-state index in [2.05, 4.69) is 39.8 Å². The molecule has 0 aliphatic carbocycles. The first-order chi connectivity index (χ1) is 11.8. The average Bonchev–Trinajstić information content (AvgIpc) is 3.19. The van der Waals surface area contributed by atoms with E-state index in [1.807, 2.05) is 11.8 Å². The summed E-state index contributed by atoms with van der Waals surface area (Å²) >= 11 is 1.86. The van der Waals surface area contributed by atoms with E-state index in [0.717, 1.165) is 49.4 Å². The molecule has 6 heteroatoms. The van der Waals surface area contributed by atoms with Crippen LogP contribution in [-0.2, 0) is 22.6 Å². The van der Waals surface area contributed by atoms with Gasteiger partial charge < -0.3 is 14.0 Å². The summed E-state index contributed by atoms with van der Waals surface area (Å²) in [6.07, 6.45) is 0.166. The van der Waals surface area contributed by atoms with Gasteiger partial charge in [0.05, 0.1) is 30.7 Å². The molecule has 1 saturated heterocycles. The lowest BCUT2D eigenvalue weighted by atomic mass is 10.1. The molecule has 0 bridgehead atoms. The number of thioether (sulfide) groups is 1. The Morgan fingerprint density at radius 2 is 2.17 bits per heavy atom. The Balaban J connectivity index is 1.60. The fourth-order valence-electron chi connectivity index (χ4n) is 3.44. The summed E-state index contributed by atoms with van der Waals surface area (Å²) in [4.78, 5) is 7.39. The van der Waals surface area contributed by atoms with E-state index in [-0.39, 0.29) is 6.10 Å². The van der Waals surface area contributed by atoms with Gasteiger partial charge in [-0.2, -0.15) is 0 Å². The zero-order valence-corrected chi connectivity index (χ0v) is 14.8. The van der Waals surface area contributed by atoms with E-state index in [0.29, 0.717) is 6.61 Å².